The van der Waals surface area contributed by atoms with Crippen LogP contribution in [0.3, 0.4) is 0 Å². The molecule has 0 unspecified atom stereocenters. The quantitative estimate of drug-likeness (QED) is 0.265. The van der Waals surface area contributed by atoms with Crippen LogP contribution >= 0.6 is 27.3 Å². The second-order valence-electron chi connectivity index (χ2n) is 7.60. The van der Waals surface area contributed by atoms with Crippen LogP contribution in [-0.4, -0.2) is 14.9 Å². The summed E-state index contributed by atoms with van der Waals surface area (Å²) in [5.41, 5.74) is 1.70. The van der Waals surface area contributed by atoms with Crippen LogP contribution in [0, 0.1) is 10.1 Å². The van der Waals surface area contributed by atoms with Crippen molar-refractivity contribution in [3.8, 4) is 22.9 Å². The second kappa shape index (κ2) is 8.05. The van der Waals surface area contributed by atoms with Crippen LogP contribution in [-0.2, 0) is 12.8 Å². The number of nitro groups is 1. The molecule has 1 aromatic carbocycles. The summed E-state index contributed by atoms with van der Waals surface area (Å²) in [5, 5.41) is 11.7. The summed E-state index contributed by atoms with van der Waals surface area (Å²) in [7, 11) is 0. The molecule has 1 aliphatic carbocycles. The van der Waals surface area contributed by atoms with E-state index in [0.29, 0.717) is 27.4 Å². The Bertz CT molecular complexity index is 1370. The molecule has 0 spiro atoms. The third kappa shape index (κ3) is 3.72. The van der Waals surface area contributed by atoms with Crippen LogP contribution in [0.5, 0.6) is 0 Å². The molecule has 0 aliphatic heterocycles. The summed E-state index contributed by atoms with van der Waals surface area (Å²) in [6.07, 6.45) is 6.62. The zero-order valence-corrected chi connectivity index (χ0v) is 18.8. The van der Waals surface area contributed by atoms with E-state index in [-0.39, 0.29) is 11.2 Å². The van der Waals surface area contributed by atoms with Crippen molar-refractivity contribution in [2.75, 3.05) is 0 Å². The molecule has 3 aromatic heterocycles. The fourth-order valence-electron chi connectivity index (χ4n) is 4.06. The lowest BCUT2D eigenvalue weighted by atomic mass is 9.98. The van der Waals surface area contributed by atoms with E-state index in [9.17, 15) is 14.9 Å². The summed E-state index contributed by atoms with van der Waals surface area (Å²) >= 11 is 4.98. The number of H-pyrrole nitrogens is 1. The smallest absolute Gasteiger partial charge is 0.270 e. The largest absolute Gasteiger partial charge is 0.453 e. The first-order chi connectivity index (χ1) is 15.0. The van der Waals surface area contributed by atoms with E-state index in [4.69, 9.17) is 9.40 Å². The van der Waals surface area contributed by atoms with E-state index < -0.39 is 4.92 Å². The minimum absolute atomic E-state index is 0.00730. The van der Waals surface area contributed by atoms with Gasteiger partial charge in [0.15, 0.2) is 11.6 Å². The van der Waals surface area contributed by atoms with Crippen molar-refractivity contribution in [3.05, 3.63) is 65.7 Å². The molecule has 0 radical (unpaired) electrons. The number of nitrogens with one attached hydrogen (secondary N) is 1. The SMILES string of the molecule is O=c1[nH]c(-c2ccc(-c3ccc([N+](=O)[O-])cc3Br)o2)nc2sc3c(c12)CCCCCC3. The zero-order chi connectivity index (χ0) is 21.5. The summed E-state index contributed by atoms with van der Waals surface area (Å²) < 4.78 is 6.51. The van der Waals surface area contributed by atoms with Crippen LogP contribution < -0.4 is 5.56 Å². The number of rotatable bonds is 3. The number of nitro benzene ring substituents is 1. The van der Waals surface area contributed by atoms with Crippen molar-refractivity contribution in [1.82, 2.24) is 9.97 Å². The van der Waals surface area contributed by atoms with Crippen molar-refractivity contribution in [2.24, 2.45) is 0 Å². The standard InChI is InChI=1S/C22H18BrN3O4S/c23-15-11-12(26(28)29)7-8-13(15)16-9-10-17(30-16)20-24-21(27)19-14-5-3-1-2-4-6-18(14)31-22(19)25-20/h7-11H,1-6H2,(H,24,25,27). The molecule has 1 N–H and O–H groups in total. The molecule has 3 heterocycles. The first-order valence-electron chi connectivity index (χ1n) is 10.1. The highest BCUT2D eigenvalue weighted by Crippen LogP contribution is 2.36. The van der Waals surface area contributed by atoms with Gasteiger partial charge in [-0.1, -0.05) is 12.8 Å². The van der Waals surface area contributed by atoms with E-state index >= 15 is 0 Å². The Morgan fingerprint density at radius 2 is 1.87 bits per heavy atom. The third-order valence-electron chi connectivity index (χ3n) is 5.59. The minimum Gasteiger partial charge on any atom is -0.453 e. The van der Waals surface area contributed by atoms with Gasteiger partial charge < -0.3 is 9.40 Å². The molecular formula is C22H18BrN3O4S. The molecule has 0 saturated heterocycles. The van der Waals surface area contributed by atoms with Gasteiger partial charge in [-0.2, -0.15) is 0 Å². The number of hydrogen-bond donors (Lipinski definition) is 1. The summed E-state index contributed by atoms with van der Waals surface area (Å²) in [6, 6.07) is 8.00. The van der Waals surface area contributed by atoms with Gasteiger partial charge >= 0.3 is 0 Å². The lowest BCUT2D eigenvalue weighted by Crippen LogP contribution is -2.10. The Kier molecular flexibility index (Phi) is 5.23. The number of nitrogens with zero attached hydrogens (tertiary/aromatic N) is 2. The van der Waals surface area contributed by atoms with Gasteiger partial charge in [-0.25, -0.2) is 4.98 Å². The minimum atomic E-state index is -0.448. The second-order valence-corrected chi connectivity index (χ2v) is 9.54. The number of halogens is 1. The van der Waals surface area contributed by atoms with Gasteiger partial charge in [-0.15, -0.1) is 11.3 Å². The highest BCUT2D eigenvalue weighted by atomic mass is 79.9. The number of hydrogen-bond acceptors (Lipinski definition) is 6. The lowest BCUT2D eigenvalue weighted by molar-refractivity contribution is -0.384. The Morgan fingerprint density at radius 1 is 1.10 bits per heavy atom. The van der Waals surface area contributed by atoms with Gasteiger partial charge in [0.25, 0.3) is 11.2 Å². The molecule has 0 amide bonds. The maximum absolute atomic E-state index is 12.9. The normalized spacial score (nSPS) is 14.2. The van der Waals surface area contributed by atoms with Gasteiger partial charge in [0, 0.05) is 27.0 Å². The van der Waals surface area contributed by atoms with Crippen LogP contribution in [0.2, 0.25) is 0 Å². The first kappa shape index (κ1) is 20.1. The maximum Gasteiger partial charge on any atom is 0.270 e. The highest BCUT2D eigenvalue weighted by Gasteiger charge is 2.20. The maximum atomic E-state index is 12.9. The molecule has 0 saturated carbocycles. The molecule has 4 aromatic rings. The molecule has 5 rings (SSSR count). The molecule has 158 valence electrons. The van der Waals surface area contributed by atoms with Gasteiger partial charge in [0.05, 0.1) is 10.3 Å². The summed E-state index contributed by atoms with van der Waals surface area (Å²) in [4.78, 5) is 33.1. The average molecular weight is 500 g/mol. The van der Waals surface area contributed by atoms with E-state index in [1.807, 2.05) is 0 Å². The van der Waals surface area contributed by atoms with Crippen LogP contribution in [0.25, 0.3) is 33.1 Å². The molecule has 0 bridgehead atoms. The monoisotopic (exact) mass is 499 g/mol. The number of furan rings is 1. The van der Waals surface area contributed by atoms with Crippen molar-refractivity contribution < 1.29 is 9.34 Å². The Labute approximate surface area is 189 Å². The van der Waals surface area contributed by atoms with E-state index in [2.05, 4.69) is 20.9 Å². The molecule has 0 fully saturated rings. The molecular weight excluding hydrogens is 482 g/mol. The number of non-ortho nitro benzene ring substituents is 1. The number of fused-ring (bicyclic) bond motifs is 3. The topological polar surface area (TPSA) is 102 Å². The Hall–Kier alpha value is -2.78. The zero-order valence-electron chi connectivity index (χ0n) is 16.4. The van der Waals surface area contributed by atoms with Crippen LogP contribution in [0.1, 0.15) is 36.1 Å². The van der Waals surface area contributed by atoms with Crippen molar-refractivity contribution in [3.63, 3.8) is 0 Å². The van der Waals surface area contributed by atoms with Crippen LogP contribution in [0.15, 0.2) is 44.0 Å². The molecule has 9 heteroatoms. The molecule has 31 heavy (non-hydrogen) atoms. The van der Waals surface area contributed by atoms with E-state index in [1.165, 1.54) is 29.9 Å². The summed E-state index contributed by atoms with van der Waals surface area (Å²) in [6.45, 7) is 0. The Balaban J connectivity index is 1.54. The number of aromatic nitrogens is 2. The van der Waals surface area contributed by atoms with Gasteiger partial charge in [-0.05, 0) is 65.4 Å². The highest BCUT2D eigenvalue weighted by molar-refractivity contribution is 9.10. The number of aromatic amines is 1. The Morgan fingerprint density at radius 3 is 2.65 bits per heavy atom. The lowest BCUT2D eigenvalue weighted by Gasteiger charge is -2.08. The number of aryl methyl sites for hydroxylation is 2. The first-order valence-corrected chi connectivity index (χ1v) is 11.7. The van der Waals surface area contributed by atoms with E-state index in [1.54, 1.807) is 29.5 Å². The predicted octanol–water partition coefficient (Wildman–Crippen LogP) is 6.24. The van der Waals surface area contributed by atoms with Gasteiger partial charge in [0.2, 0.25) is 0 Å². The third-order valence-corrected chi connectivity index (χ3v) is 7.44. The van der Waals surface area contributed by atoms with Crippen LogP contribution in [0.4, 0.5) is 5.69 Å². The van der Waals surface area contributed by atoms with Gasteiger partial charge in [0.1, 0.15) is 10.6 Å². The fourth-order valence-corrected chi connectivity index (χ4v) is 5.89. The average Bonchev–Trinajstić information content (AvgIpc) is 3.33. The van der Waals surface area contributed by atoms with Crippen molar-refractivity contribution in [2.45, 2.75) is 38.5 Å². The van der Waals surface area contributed by atoms with E-state index in [0.717, 1.165) is 41.5 Å². The number of benzene rings is 1. The predicted molar refractivity (Wildman–Crippen MR) is 124 cm³/mol. The van der Waals surface area contributed by atoms with Crippen molar-refractivity contribution >= 4 is 43.2 Å². The molecule has 1 aliphatic rings. The molecule has 7 nitrogen and oxygen atoms in total. The van der Waals surface area contributed by atoms with Gasteiger partial charge in [-0.3, -0.25) is 14.9 Å². The summed E-state index contributed by atoms with van der Waals surface area (Å²) in [5.74, 6) is 1.36. The fraction of sp³-hybridized carbons (Fsp3) is 0.273. The number of thiophene rings is 1. The van der Waals surface area contributed by atoms with Crippen molar-refractivity contribution in [1.29, 1.82) is 0 Å². The molecule has 0 atom stereocenters.